The Morgan fingerprint density at radius 1 is 0.966 bits per heavy atom. The van der Waals surface area contributed by atoms with Crippen LogP contribution in [0.15, 0.2) is 77.7 Å². The molecule has 0 fully saturated rings. The molecular weight excluding hydrogens is 388 g/mol. The topological polar surface area (TPSA) is 95.5 Å². The highest BCUT2D eigenvalue weighted by Crippen LogP contribution is 2.29. The molecule has 0 bridgehead atoms. The first kappa shape index (κ1) is 19.0. The monoisotopic (exact) mass is 408 g/mol. The minimum absolute atomic E-state index is 0.0382. The normalized spacial score (nSPS) is 15.8. The van der Waals surface area contributed by atoms with Crippen LogP contribution in [0.2, 0.25) is 0 Å². The van der Waals surface area contributed by atoms with Crippen LogP contribution in [0.25, 0.3) is 0 Å². The number of carbonyl (C=O) groups is 1. The van der Waals surface area contributed by atoms with Crippen molar-refractivity contribution in [3.05, 3.63) is 83.9 Å². The summed E-state index contributed by atoms with van der Waals surface area (Å²) in [6, 6.07) is 19.9. The molecule has 1 aliphatic rings. The van der Waals surface area contributed by atoms with Gasteiger partial charge < -0.3 is 15.7 Å². The van der Waals surface area contributed by atoms with Crippen LogP contribution >= 0.6 is 0 Å². The minimum Gasteiger partial charge on any atom is -0.506 e. The maximum absolute atomic E-state index is 13.0. The van der Waals surface area contributed by atoms with E-state index in [4.69, 9.17) is 0 Å². The number of aryl methyl sites for hydroxylation is 1. The van der Waals surface area contributed by atoms with E-state index in [2.05, 4.69) is 10.6 Å². The summed E-state index contributed by atoms with van der Waals surface area (Å²) < 4.78 is 26.0. The molecule has 0 spiro atoms. The van der Waals surface area contributed by atoms with Gasteiger partial charge in [0.2, 0.25) is 0 Å². The molecule has 0 aromatic heterocycles. The van der Waals surface area contributed by atoms with E-state index in [0.29, 0.717) is 24.1 Å². The van der Waals surface area contributed by atoms with Gasteiger partial charge in [-0.25, -0.2) is 8.42 Å². The van der Waals surface area contributed by atoms with E-state index in [-0.39, 0.29) is 10.6 Å². The van der Waals surface area contributed by atoms with Crippen molar-refractivity contribution in [2.75, 3.05) is 10.6 Å². The van der Waals surface area contributed by atoms with Crippen LogP contribution in [0.3, 0.4) is 0 Å². The van der Waals surface area contributed by atoms with Gasteiger partial charge in [0.25, 0.3) is 5.91 Å². The Kier molecular flexibility index (Phi) is 4.98. The number of hydrogen-bond acceptors (Lipinski definition) is 5. The fourth-order valence-electron chi connectivity index (χ4n) is 3.38. The quantitative estimate of drug-likeness (QED) is 0.571. The smallest absolute Gasteiger partial charge is 0.255 e. The van der Waals surface area contributed by atoms with E-state index in [9.17, 15) is 18.3 Å². The lowest BCUT2D eigenvalue weighted by Gasteiger charge is -2.26. The molecule has 3 aromatic rings. The Morgan fingerprint density at radius 3 is 2.41 bits per heavy atom. The third kappa shape index (κ3) is 3.82. The number of rotatable bonds is 4. The lowest BCUT2D eigenvalue weighted by atomic mass is 10.0. The number of anilines is 2. The van der Waals surface area contributed by atoms with Crippen molar-refractivity contribution in [3.8, 4) is 5.75 Å². The highest BCUT2D eigenvalue weighted by Gasteiger charge is 2.30. The number of benzene rings is 3. The molecule has 1 atom stereocenters. The summed E-state index contributed by atoms with van der Waals surface area (Å²) in [6.07, 6.45) is 1.17. The van der Waals surface area contributed by atoms with Gasteiger partial charge in [0.05, 0.1) is 10.6 Å². The fourth-order valence-corrected chi connectivity index (χ4v) is 4.93. The summed E-state index contributed by atoms with van der Waals surface area (Å²) in [5, 5.41) is 14.8. The molecule has 1 amide bonds. The first-order valence-corrected chi connectivity index (χ1v) is 10.8. The SMILES string of the molecule is O=C(Nc1ccccc1O)c1ccc(S(=O)(=O)C2CCc3ccccc3N2)cc1. The number of aromatic hydroxyl groups is 1. The predicted octanol–water partition coefficient (Wildman–Crippen LogP) is 3.80. The van der Waals surface area contributed by atoms with Crippen LogP contribution in [0.4, 0.5) is 11.4 Å². The molecule has 3 N–H and O–H groups in total. The molecule has 0 saturated heterocycles. The number of amides is 1. The summed E-state index contributed by atoms with van der Waals surface area (Å²) in [7, 11) is -3.60. The van der Waals surface area contributed by atoms with Crippen molar-refractivity contribution in [1.29, 1.82) is 0 Å². The predicted molar refractivity (Wildman–Crippen MR) is 112 cm³/mol. The molecule has 1 heterocycles. The summed E-state index contributed by atoms with van der Waals surface area (Å²) in [6.45, 7) is 0. The lowest BCUT2D eigenvalue weighted by Crippen LogP contribution is -2.33. The van der Waals surface area contributed by atoms with Gasteiger partial charge in [-0.1, -0.05) is 30.3 Å². The molecule has 0 saturated carbocycles. The van der Waals surface area contributed by atoms with Crippen LogP contribution in [0, 0.1) is 0 Å². The number of fused-ring (bicyclic) bond motifs is 1. The van der Waals surface area contributed by atoms with Gasteiger partial charge in [-0.3, -0.25) is 4.79 Å². The van der Waals surface area contributed by atoms with Crippen LogP contribution in [-0.4, -0.2) is 24.8 Å². The Hall–Kier alpha value is -3.32. The Morgan fingerprint density at radius 2 is 1.66 bits per heavy atom. The van der Waals surface area contributed by atoms with Crippen LogP contribution in [-0.2, 0) is 16.3 Å². The summed E-state index contributed by atoms with van der Waals surface area (Å²) in [5.41, 5.74) is 2.54. The maximum atomic E-state index is 13.0. The molecule has 1 aliphatic heterocycles. The first-order valence-electron chi connectivity index (χ1n) is 9.23. The van der Waals surface area contributed by atoms with Crippen molar-refractivity contribution < 1.29 is 18.3 Å². The zero-order valence-corrected chi connectivity index (χ0v) is 16.3. The van der Waals surface area contributed by atoms with Gasteiger partial charge in [-0.05, 0) is 60.9 Å². The van der Waals surface area contributed by atoms with Gasteiger partial charge in [0, 0.05) is 11.3 Å². The van der Waals surface area contributed by atoms with Crippen molar-refractivity contribution in [2.24, 2.45) is 0 Å². The highest BCUT2D eigenvalue weighted by atomic mass is 32.2. The second kappa shape index (κ2) is 7.60. The average molecular weight is 408 g/mol. The van der Waals surface area contributed by atoms with E-state index in [1.165, 1.54) is 30.3 Å². The second-order valence-electron chi connectivity index (χ2n) is 6.87. The largest absolute Gasteiger partial charge is 0.506 e. The van der Waals surface area contributed by atoms with Crippen molar-refractivity contribution in [1.82, 2.24) is 0 Å². The molecule has 0 radical (unpaired) electrons. The average Bonchev–Trinajstić information content (AvgIpc) is 2.75. The van der Waals surface area contributed by atoms with E-state index in [1.807, 2.05) is 24.3 Å². The first-order chi connectivity index (χ1) is 13.9. The van der Waals surface area contributed by atoms with Crippen molar-refractivity contribution in [2.45, 2.75) is 23.1 Å². The maximum Gasteiger partial charge on any atom is 0.255 e. The number of nitrogens with one attached hydrogen (secondary N) is 2. The molecule has 148 valence electrons. The van der Waals surface area contributed by atoms with Gasteiger partial charge in [0.15, 0.2) is 9.84 Å². The Labute approximate surface area is 169 Å². The van der Waals surface area contributed by atoms with Gasteiger partial charge >= 0.3 is 0 Å². The molecule has 0 aliphatic carbocycles. The standard InChI is InChI=1S/C22H20N2O4S/c25-20-8-4-3-7-19(20)24-22(26)16-9-12-17(13-10-16)29(27,28)21-14-11-15-5-1-2-6-18(15)23-21/h1-10,12-13,21,23,25H,11,14H2,(H,24,26). The van der Waals surface area contributed by atoms with Crippen LogP contribution in [0.1, 0.15) is 22.3 Å². The van der Waals surface area contributed by atoms with E-state index in [1.54, 1.807) is 18.2 Å². The Balaban J connectivity index is 1.51. The third-order valence-electron chi connectivity index (χ3n) is 4.98. The number of phenolic OH excluding ortho intramolecular Hbond substituents is 1. The molecule has 6 nitrogen and oxygen atoms in total. The molecule has 4 rings (SSSR count). The highest BCUT2D eigenvalue weighted by molar-refractivity contribution is 7.92. The molecular formula is C22H20N2O4S. The molecule has 29 heavy (non-hydrogen) atoms. The zero-order valence-electron chi connectivity index (χ0n) is 15.5. The Bertz CT molecular complexity index is 1160. The number of carbonyl (C=O) groups excluding carboxylic acids is 1. The summed E-state index contributed by atoms with van der Waals surface area (Å²) >= 11 is 0. The molecule has 1 unspecified atom stereocenters. The number of sulfone groups is 1. The van der Waals surface area contributed by atoms with Gasteiger partial charge in [-0.2, -0.15) is 0 Å². The van der Waals surface area contributed by atoms with Gasteiger partial charge in [0.1, 0.15) is 11.1 Å². The van der Waals surface area contributed by atoms with Crippen molar-refractivity contribution >= 4 is 27.1 Å². The summed E-state index contributed by atoms with van der Waals surface area (Å²) in [5.74, 6) is -0.469. The lowest BCUT2D eigenvalue weighted by molar-refractivity contribution is 0.102. The van der Waals surface area contributed by atoms with E-state index < -0.39 is 21.1 Å². The van der Waals surface area contributed by atoms with Crippen LogP contribution < -0.4 is 10.6 Å². The third-order valence-corrected chi connectivity index (χ3v) is 7.01. The summed E-state index contributed by atoms with van der Waals surface area (Å²) in [4.78, 5) is 12.5. The second-order valence-corrected chi connectivity index (χ2v) is 9.00. The number of hydrogen-bond donors (Lipinski definition) is 3. The van der Waals surface area contributed by atoms with Gasteiger partial charge in [-0.15, -0.1) is 0 Å². The molecule has 7 heteroatoms. The zero-order chi connectivity index (χ0) is 20.4. The van der Waals surface area contributed by atoms with E-state index >= 15 is 0 Å². The van der Waals surface area contributed by atoms with Crippen molar-refractivity contribution in [3.63, 3.8) is 0 Å². The number of phenols is 1. The van der Waals surface area contributed by atoms with Crippen LogP contribution in [0.5, 0.6) is 5.75 Å². The minimum atomic E-state index is -3.60. The van der Waals surface area contributed by atoms with E-state index in [0.717, 1.165) is 11.3 Å². The fraction of sp³-hybridized carbons (Fsp3) is 0.136. The number of para-hydroxylation sites is 3. The molecule has 3 aromatic carbocycles.